The number of hydrogen-bond acceptors (Lipinski definition) is 6. The summed E-state index contributed by atoms with van der Waals surface area (Å²) in [5.41, 5.74) is 3.00. The standard InChI is InChI=1S/C15H11N3O2S/c1-20-15(19)11-4-2-10(3-5-11)14-18-13(9-21-14)12-8-16-6-7-17-12/h2-9H,1H3. The van der Waals surface area contributed by atoms with E-state index < -0.39 is 0 Å². The smallest absolute Gasteiger partial charge is 0.337 e. The minimum atomic E-state index is -0.346. The first-order chi connectivity index (χ1) is 10.3. The van der Waals surface area contributed by atoms with Crippen LogP contribution in [-0.2, 0) is 4.74 Å². The van der Waals surface area contributed by atoms with E-state index in [4.69, 9.17) is 0 Å². The molecule has 0 amide bonds. The molecule has 2 heterocycles. The van der Waals surface area contributed by atoms with Crippen molar-refractivity contribution >= 4 is 17.3 Å². The lowest BCUT2D eigenvalue weighted by Gasteiger charge is -2.00. The molecule has 0 spiro atoms. The van der Waals surface area contributed by atoms with Crippen LogP contribution in [0.5, 0.6) is 0 Å². The number of ether oxygens (including phenoxy) is 1. The number of nitrogens with zero attached hydrogens (tertiary/aromatic N) is 3. The molecule has 3 aromatic rings. The van der Waals surface area contributed by atoms with Crippen LogP contribution >= 0.6 is 11.3 Å². The molecule has 0 atom stereocenters. The van der Waals surface area contributed by atoms with E-state index in [1.54, 1.807) is 30.7 Å². The molecule has 2 aromatic heterocycles. The number of aromatic nitrogens is 3. The number of carbonyl (C=O) groups excluding carboxylic acids is 1. The monoisotopic (exact) mass is 297 g/mol. The zero-order chi connectivity index (χ0) is 14.7. The van der Waals surface area contributed by atoms with Gasteiger partial charge >= 0.3 is 5.97 Å². The van der Waals surface area contributed by atoms with Gasteiger partial charge in [-0.05, 0) is 12.1 Å². The van der Waals surface area contributed by atoms with Gasteiger partial charge in [-0.2, -0.15) is 0 Å². The van der Waals surface area contributed by atoms with E-state index in [0.717, 1.165) is 22.0 Å². The SMILES string of the molecule is COC(=O)c1ccc(-c2nc(-c3cnccn3)cs2)cc1. The normalized spacial score (nSPS) is 10.3. The van der Waals surface area contributed by atoms with E-state index in [0.29, 0.717) is 5.56 Å². The summed E-state index contributed by atoms with van der Waals surface area (Å²) < 4.78 is 4.68. The number of methoxy groups -OCH3 is 1. The first kappa shape index (κ1) is 13.4. The Morgan fingerprint density at radius 1 is 1.14 bits per heavy atom. The third-order valence-corrected chi connectivity index (χ3v) is 3.77. The Kier molecular flexibility index (Phi) is 3.70. The van der Waals surface area contributed by atoms with Gasteiger partial charge in [0.25, 0.3) is 0 Å². The lowest BCUT2D eigenvalue weighted by Crippen LogP contribution is -2.00. The molecule has 0 N–H and O–H groups in total. The molecular weight excluding hydrogens is 286 g/mol. The van der Waals surface area contributed by atoms with Gasteiger partial charge in [-0.25, -0.2) is 9.78 Å². The molecule has 0 aliphatic rings. The number of thiazole rings is 1. The average Bonchev–Trinajstić information content (AvgIpc) is 3.05. The molecule has 5 nitrogen and oxygen atoms in total. The van der Waals surface area contributed by atoms with Crippen LogP contribution in [0.1, 0.15) is 10.4 Å². The quantitative estimate of drug-likeness (QED) is 0.695. The van der Waals surface area contributed by atoms with Gasteiger partial charge in [0.05, 0.1) is 18.9 Å². The van der Waals surface area contributed by atoms with Crippen molar-refractivity contribution in [3.8, 4) is 22.0 Å². The summed E-state index contributed by atoms with van der Waals surface area (Å²) in [6, 6.07) is 7.16. The molecule has 0 bridgehead atoms. The maximum absolute atomic E-state index is 11.4. The highest BCUT2D eigenvalue weighted by Gasteiger charge is 2.09. The topological polar surface area (TPSA) is 65.0 Å². The number of carbonyl (C=O) groups is 1. The van der Waals surface area contributed by atoms with Crippen LogP contribution in [0.4, 0.5) is 0 Å². The molecular formula is C15H11N3O2S. The van der Waals surface area contributed by atoms with Gasteiger partial charge < -0.3 is 4.74 Å². The highest BCUT2D eigenvalue weighted by atomic mass is 32.1. The van der Waals surface area contributed by atoms with E-state index in [1.165, 1.54) is 18.4 Å². The number of rotatable bonds is 3. The molecule has 0 fully saturated rings. The summed E-state index contributed by atoms with van der Waals surface area (Å²) in [5, 5.41) is 2.81. The van der Waals surface area contributed by atoms with Crippen molar-refractivity contribution in [1.29, 1.82) is 0 Å². The maximum Gasteiger partial charge on any atom is 0.337 e. The minimum absolute atomic E-state index is 0.346. The first-order valence-corrected chi connectivity index (χ1v) is 7.06. The Hall–Kier alpha value is -2.60. The van der Waals surface area contributed by atoms with Crippen molar-refractivity contribution in [2.75, 3.05) is 7.11 Å². The van der Waals surface area contributed by atoms with E-state index in [1.807, 2.05) is 17.5 Å². The Morgan fingerprint density at radius 2 is 1.95 bits per heavy atom. The Balaban J connectivity index is 1.88. The van der Waals surface area contributed by atoms with Gasteiger partial charge in [-0.15, -0.1) is 11.3 Å². The van der Waals surface area contributed by atoms with Crippen molar-refractivity contribution in [3.05, 3.63) is 53.8 Å². The second-order valence-corrected chi connectivity index (χ2v) is 5.06. The summed E-state index contributed by atoms with van der Waals surface area (Å²) in [6.07, 6.45) is 4.95. The fraction of sp³-hybridized carbons (Fsp3) is 0.0667. The molecule has 1 aromatic carbocycles. The molecule has 104 valence electrons. The fourth-order valence-electron chi connectivity index (χ4n) is 1.82. The Bertz CT molecular complexity index is 754. The van der Waals surface area contributed by atoms with Gasteiger partial charge in [0, 0.05) is 23.3 Å². The van der Waals surface area contributed by atoms with Crippen molar-refractivity contribution < 1.29 is 9.53 Å². The predicted molar refractivity (Wildman–Crippen MR) is 79.9 cm³/mol. The predicted octanol–water partition coefficient (Wildman–Crippen LogP) is 3.05. The van der Waals surface area contributed by atoms with Crippen molar-refractivity contribution in [1.82, 2.24) is 15.0 Å². The van der Waals surface area contributed by atoms with Crippen LogP contribution in [0, 0.1) is 0 Å². The second-order valence-electron chi connectivity index (χ2n) is 4.20. The van der Waals surface area contributed by atoms with E-state index in [-0.39, 0.29) is 5.97 Å². The summed E-state index contributed by atoms with van der Waals surface area (Å²) in [6.45, 7) is 0. The van der Waals surface area contributed by atoms with Gasteiger partial charge in [0.15, 0.2) is 0 Å². The summed E-state index contributed by atoms with van der Waals surface area (Å²) in [4.78, 5) is 24.2. The second kappa shape index (κ2) is 5.80. The zero-order valence-electron chi connectivity index (χ0n) is 11.2. The molecule has 6 heteroatoms. The molecule has 0 saturated heterocycles. The average molecular weight is 297 g/mol. The van der Waals surface area contributed by atoms with Crippen LogP contribution in [0.15, 0.2) is 48.2 Å². The Labute approximate surface area is 125 Å². The van der Waals surface area contributed by atoms with Crippen molar-refractivity contribution in [2.45, 2.75) is 0 Å². The van der Waals surface area contributed by atoms with Crippen molar-refractivity contribution in [3.63, 3.8) is 0 Å². The summed E-state index contributed by atoms with van der Waals surface area (Å²) >= 11 is 1.52. The summed E-state index contributed by atoms with van der Waals surface area (Å²) in [5.74, 6) is -0.346. The van der Waals surface area contributed by atoms with Gasteiger partial charge in [-0.3, -0.25) is 9.97 Å². The van der Waals surface area contributed by atoms with Crippen LogP contribution in [0.25, 0.3) is 22.0 Å². The van der Waals surface area contributed by atoms with Gasteiger partial charge in [0.2, 0.25) is 0 Å². The van der Waals surface area contributed by atoms with Crippen LogP contribution in [-0.4, -0.2) is 28.0 Å². The third-order valence-electron chi connectivity index (χ3n) is 2.88. The Morgan fingerprint density at radius 3 is 2.62 bits per heavy atom. The lowest BCUT2D eigenvalue weighted by atomic mass is 10.1. The third kappa shape index (κ3) is 2.80. The van der Waals surface area contributed by atoms with Gasteiger partial charge in [-0.1, -0.05) is 12.1 Å². The van der Waals surface area contributed by atoms with E-state index in [9.17, 15) is 4.79 Å². The molecule has 0 aliphatic heterocycles. The number of benzene rings is 1. The largest absolute Gasteiger partial charge is 0.465 e. The molecule has 21 heavy (non-hydrogen) atoms. The number of esters is 1. The van der Waals surface area contributed by atoms with E-state index in [2.05, 4.69) is 19.7 Å². The molecule has 0 radical (unpaired) electrons. The lowest BCUT2D eigenvalue weighted by molar-refractivity contribution is 0.0601. The molecule has 0 saturated carbocycles. The zero-order valence-corrected chi connectivity index (χ0v) is 12.0. The molecule has 0 unspecified atom stereocenters. The number of hydrogen-bond donors (Lipinski definition) is 0. The van der Waals surface area contributed by atoms with Crippen LogP contribution in [0.2, 0.25) is 0 Å². The highest BCUT2D eigenvalue weighted by Crippen LogP contribution is 2.27. The molecule has 0 aliphatic carbocycles. The van der Waals surface area contributed by atoms with Crippen LogP contribution in [0.3, 0.4) is 0 Å². The highest BCUT2D eigenvalue weighted by molar-refractivity contribution is 7.13. The molecule has 3 rings (SSSR count). The van der Waals surface area contributed by atoms with Crippen LogP contribution < -0.4 is 0 Å². The van der Waals surface area contributed by atoms with E-state index >= 15 is 0 Å². The summed E-state index contributed by atoms with van der Waals surface area (Å²) in [7, 11) is 1.37. The minimum Gasteiger partial charge on any atom is -0.465 e. The van der Waals surface area contributed by atoms with Crippen molar-refractivity contribution in [2.24, 2.45) is 0 Å². The fourth-order valence-corrected chi connectivity index (χ4v) is 2.64. The first-order valence-electron chi connectivity index (χ1n) is 6.18. The maximum atomic E-state index is 11.4. The van der Waals surface area contributed by atoms with Gasteiger partial charge in [0.1, 0.15) is 16.4 Å².